The molecule has 0 spiro atoms. The lowest BCUT2D eigenvalue weighted by molar-refractivity contribution is -0.127. The zero-order valence-corrected chi connectivity index (χ0v) is 11.4. The first kappa shape index (κ1) is 14.9. The molecule has 1 aromatic rings. The standard InChI is InChI=1S/C13H18N2O4/c1-7(2)14-12(16)9(4)19-10-6-5-8(3)15-11(10)13(17)18/h5-7,9H,1-4H3,(H,14,16)(H,17,18). The van der Waals surface area contributed by atoms with E-state index in [1.54, 1.807) is 19.9 Å². The third-order valence-electron chi connectivity index (χ3n) is 2.30. The summed E-state index contributed by atoms with van der Waals surface area (Å²) >= 11 is 0. The minimum atomic E-state index is -1.19. The van der Waals surface area contributed by atoms with E-state index < -0.39 is 12.1 Å². The summed E-state index contributed by atoms with van der Waals surface area (Å²) in [4.78, 5) is 26.7. The first-order valence-electron chi connectivity index (χ1n) is 5.99. The molecule has 6 heteroatoms. The largest absolute Gasteiger partial charge is 0.478 e. The van der Waals surface area contributed by atoms with Crippen LogP contribution in [0.3, 0.4) is 0 Å². The molecule has 2 N–H and O–H groups in total. The summed E-state index contributed by atoms with van der Waals surface area (Å²) in [6.07, 6.45) is -0.787. The third kappa shape index (κ3) is 4.24. The smallest absolute Gasteiger partial charge is 0.358 e. The number of carbonyl (C=O) groups is 2. The molecule has 0 aromatic carbocycles. The molecule has 0 aliphatic rings. The van der Waals surface area contributed by atoms with Crippen molar-refractivity contribution in [3.05, 3.63) is 23.5 Å². The Morgan fingerprint density at radius 2 is 1.95 bits per heavy atom. The fraction of sp³-hybridized carbons (Fsp3) is 0.462. The maximum absolute atomic E-state index is 11.7. The van der Waals surface area contributed by atoms with Gasteiger partial charge in [0.25, 0.3) is 5.91 Å². The number of hydrogen-bond acceptors (Lipinski definition) is 4. The van der Waals surface area contributed by atoms with Gasteiger partial charge in [-0.3, -0.25) is 4.79 Å². The molecule has 0 aliphatic heterocycles. The number of amides is 1. The molecule has 0 saturated heterocycles. The summed E-state index contributed by atoms with van der Waals surface area (Å²) in [7, 11) is 0. The lowest BCUT2D eigenvalue weighted by Gasteiger charge is -2.17. The van der Waals surface area contributed by atoms with Crippen LogP contribution in [0.5, 0.6) is 5.75 Å². The first-order chi connectivity index (χ1) is 8.81. The lowest BCUT2D eigenvalue weighted by atomic mass is 10.2. The van der Waals surface area contributed by atoms with Gasteiger partial charge in [-0.15, -0.1) is 0 Å². The predicted molar refractivity (Wildman–Crippen MR) is 69.3 cm³/mol. The SMILES string of the molecule is Cc1ccc(OC(C)C(=O)NC(C)C)c(C(=O)O)n1. The van der Waals surface area contributed by atoms with E-state index in [1.807, 2.05) is 13.8 Å². The average Bonchev–Trinajstić information content (AvgIpc) is 2.30. The van der Waals surface area contributed by atoms with Gasteiger partial charge >= 0.3 is 5.97 Å². The van der Waals surface area contributed by atoms with Crippen molar-refractivity contribution in [1.82, 2.24) is 10.3 Å². The molecule has 0 aliphatic carbocycles. The molecular formula is C13H18N2O4. The van der Waals surface area contributed by atoms with Crippen LogP contribution >= 0.6 is 0 Å². The van der Waals surface area contributed by atoms with Crippen LogP contribution < -0.4 is 10.1 Å². The Hall–Kier alpha value is -2.11. The summed E-state index contributed by atoms with van der Waals surface area (Å²) in [5.41, 5.74) is 0.383. The summed E-state index contributed by atoms with van der Waals surface area (Å²) in [6, 6.07) is 3.13. The van der Waals surface area contributed by atoms with Crippen LogP contribution in [0, 0.1) is 6.92 Å². The number of aromatic carboxylic acids is 1. The van der Waals surface area contributed by atoms with Crippen molar-refractivity contribution in [1.29, 1.82) is 0 Å². The van der Waals surface area contributed by atoms with Gasteiger partial charge in [0.15, 0.2) is 17.5 Å². The molecule has 19 heavy (non-hydrogen) atoms. The highest BCUT2D eigenvalue weighted by Gasteiger charge is 2.20. The highest BCUT2D eigenvalue weighted by Crippen LogP contribution is 2.18. The molecule has 1 atom stereocenters. The molecule has 6 nitrogen and oxygen atoms in total. The second kappa shape index (κ2) is 6.17. The Bertz CT molecular complexity index is 486. The van der Waals surface area contributed by atoms with Crippen LogP contribution in [0.2, 0.25) is 0 Å². The Kier molecular flexibility index (Phi) is 4.86. The van der Waals surface area contributed by atoms with E-state index in [1.165, 1.54) is 6.07 Å². The number of ether oxygens (including phenoxy) is 1. The van der Waals surface area contributed by atoms with Crippen LogP contribution in [0.15, 0.2) is 12.1 Å². The molecule has 0 saturated carbocycles. The van der Waals surface area contributed by atoms with Crippen LogP contribution in [0.25, 0.3) is 0 Å². The van der Waals surface area contributed by atoms with Crippen molar-refractivity contribution in [3.63, 3.8) is 0 Å². The van der Waals surface area contributed by atoms with Gasteiger partial charge in [0.1, 0.15) is 0 Å². The Morgan fingerprint density at radius 1 is 1.32 bits per heavy atom. The average molecular weight is 266 g/mol. The van der Waals surface area contributed by atoms with E-state index in [0.717, 1.165) is 0 Å². The Morgan fingerprint density at radius 3 is 2.47 bits per heavy atom. The number of carboxylic acids is 1. The van der Waals surface area contributed by atoms with Gasteiger partial charge in [-0.25, -0.2) is 9.78 Å². The summed E-state index contributed by atoms with van der Waals surface area (Å²) in [5.74, 6) is -1.40. The van der Waals surface area contributed by atoms with Gasteiger partial charge in [-0.05, 0) is 39.8 Å². The Balaban J connectivity index is 2.87. The summed E-state index contributed by atoms with van der Waals surface area (Å²) in [5, 5.41) is 11.7. The van der Waals surface area contributed by atoms with E-state index >= 15 is 0 Å². The maximum Gasteiger partial charge on any atom is 0.358 e. The number of nitrogens with zero attached hydrogens (tertiary/aromatic N) is 1. The topological polar surface area (TPSA) is 88.5 Å². The first-order valence-corrected chi connectivity index (χ1v) is 5.99. The number of hydrogen-bond donors (Lipinski definition) is 2. The summed E-state index contributed by atoms with van der Waals surface area (Å²) < 4.78 is 5.37. The van der Waals surface area contributed by atoms with Crippen molar-refractivity contribution in [2.24, 2.45) is 0 Å². The number of aryl methyl sites for hydroxylation is 1. The number of pyridine rings is 1. The fourth-order valence-electron chi connectivity index (χ4n) is 1.44. The fourth-order valence-corrected chi connectivity index (χ4v) is 1.44. The van der Waals surface area contributed by atoms with Gasteiger partial charge in [-0.1, -0.05) is 0 Å². The lowest BCUT2D eigenvalue weighted by Crippen LogP contribution is -2.40. The van der Waals surface area contributed by atoms with Crippen molar-refractivity contribution in [2.45, 2.75) is 39.8 Å². The zero-order chi connectivity index (χ0) is 14.6. The molecule has 1 amide bonds. The molecule has 0 bridgehead atoms. The monoisotopic (exact) mass is 266 g/mol. The van der Waals surface area contributed by atoms with Gasteiger partial charge in [-0.2, -0.15) is 0 Å². The quantitative estimate of drug-likeness (QED) is 0.840. The number of carboxylic acid groups (broad SMARTS) is 1. The number of aromatic nitrogens is 1. The van der Waals surface area contributed by atoms with E-state index in [9.17, 15) is 9.59 Å². The van der Waals surface area contributed by atoms with E-state index in [4.69, 9.17) is 9.84 Å². The van der Waals surface area contributed by atoms with Crippen LogP contribution in [0.1, 0.15) is 37.0 Å². The number of rotatable bonds is 5. The van der Waals surface area contributed by atoms with Gasteiger partial charge in [0.2, 0.25) is 0 Å². The maximum atomic E-state index is 11.7. The number of carbonyl (C=O) groups excluding carboxylic acids is 1. The highest BCUT2D eigenvalue weighted by molar-refractivity contribution is 5.89. The van der Waals surface area contributed by atoms with Crippen molar-refractivity contribution in [3.8, 4) is 5.75 Å². The zero-order valence-electron chi connectivity index (χ0n) is 11.4. The van der Waals surface area contributed by atoms with Gasteiger partial charge in [0, 0.05) is 11.7 Å². The highest BCUT2D eigenvalue weighted by atomic mass is 16.5. The molecule has 0 fully saturated rings. The molecule has 0 radical (unpaired) electrons. The molecular weight excluding hydrogens is 248 g/mol. The van der Waals surface area contributed by atoms with Crippen molar-refractivity contribution >= 4 is 11.9 Å². The molecule has 1 heterocycles. The second-order valence-corrected chi connectivity index (χ2v) is 4.53. The second-order valence-electron chi connectivity index (χ2n) is 4.53. The van der Waals surface area contributed by atoms with Crippen molar-refractivity contribution in [2.75, 3.05) is 0 Å². The predicted octanol–water partition coefficient (Wildman–Crippen LogP) is 1.38. The minimum Gasteiger partial charge on any atom is -0.478 e. The normalized spacial score (nSPS) is 12.1. The van der Waals surface area contributed by atoms with Crippen LogP contribution in [0.4, 0.5) is 0 Å². The minimum absolute atomic E-state index is 0.00589. The van der Waals surface area contributed by atoms with E-state index in [0.29, 0.717) is 5.69 Å². The van der Waals surface area contributed by atoms with Gasteiger partial charge in [0.05, 0.1) is 0 Å². The number of nitrogens with one attached hydrogen (secondary N) is 1. The Labute approximate surface area is 111 Å². The van der Waals surface area contributed by atoms with Crippen molar-refractivity contribution < 1.29 is 19.4 Å². The third-order valence-corrected chi connectivity index (χ3v) is 2.30. The molecule has 1 rings (SSSR count). The van der Waals surface area contributed by atoms with E-state index in [-0.39, 0.29) is 23.4 Å². The van der Waals surface area contributed by atoms with Crippen LogP contribution in [-0.4, -0.2) is 34.1 Å². The van der Waals surface area contributed by atoms with Gasteiger partial charge < -0.3 is 15.2 Å². The molecule has 104 valence electrons. The molecule has 1 aromatic heterocycles. The van der Waals surface area contributed by atoms with Crippen LogP contribution in [-0.2, 0) is 4.79 Å². The van der Waals surface area contributed by atoms with E-state index in [2.05, 4.69) is 10.3 Å². The summed E-state index contributed by atoms with van der Waals surface area (Å²) in [6.45, 7) is 6.91. The molecule has 1 unspecified atom stereocenters.